The van der Waals surface area contributed by atoms with E-state index in [1.54, 1.807) is 12.1 Å². The SMILES string of the molecule is COc1c(Br)ccc(N)c1C(C)=O. The molecule has 0 unspecified atom stereocenters. The van der Waals surface area contributed by atoms with Gasteiger partial charge in [-0.1, -0.05) is 0 Å². The summed E-state index contributed by atoms with van der Waals surface area (Å²) in [7, 11) is 1.51. The van der Waals surface area contributed by atoms with E-state index in [9.17, 15) is 4.79 Å². The molecule has 0 spiro atoms. The molecule has 0 saturated heterocycles. The van der Waals surface area contributed by atoms with Gasteiger partial charge in [-0.05, 0) is 35.0 Å². The Hall–Kier alpha value is -1.03. The van der Waals surface area contributed by atoms with Gasteiger partial charge in [0.1, 0.15) is 5.75 Å². The van der Waals surface area contributed by atoms with Crippen LogP contribution >= 0.6 is 15.9 Å². The Kier molecular flexibility index (Phi) is 2.93. The zero-order valence-electron chi connectivity index (χ0n) is 7.43. The third-order valence-electron chi connectivity index (χ3n) is 1.70. The lowest BCUT2D eigenvalue weighted by atomic mass is 10.1. The fourth-order valence-electron chi connectivity index (χ4n) is 1.14. The Balaban J connectivity index is 3.43. The second kappa shape index (κ2) is 3.79. The Labute approximate surface area is 85.0 Å². The summed E-state index contributed by atoms with van der Waals surface area (Å²) in [5.41, 5.74) is 6.51. The number of carbonyl (C=O) groups excluding carboxylic acids is 1. The highest BCUT2D eigenvalue weighted by Gasteiger charge is 2.14. The largest absolute Gasteiger partial charge is 0.495 e. The zero-order valence-corrected chi connectivity index (χ0v) is 9.01. The van der Waals surface area contributed by atoms with Gasteiger partial charge in [0, 0.05) is 5.69 Å². The number of anilines is 1. The van der Waals surface area contributed by atoms with E-state index in [1.807, 2.05) is 0 Å². The third kappa shape index (κ3) is 1.83. The molecule has 4 heteroatoms. The van der Waals surface area contributed by atoms with Crippen LogP contribution in [0.25, 0.3) is 0 Å². The predicted molar refractivity (Wildman–Crippen MR) is 55.1 cm³/mol. The molecule has 0 amide bonds. The molecule has 0 saturated carbocycles. The molecule has 0 fully saturated rings. The van der Waals surface area contributed by atoms with Crippen molar-refractivity contribution >= 4 is 27.4 Å². The number of carbonyl (C=O) groups is 1. The van der Waals surface area contributed by atoms with Gasteiger partial charge in [-0.2, -0.15) is 0 Å². The number of hydrogen-bond donors (Lipinski definition) is 1. The molecule has 13 heavy (non-hydrogen) atoms. The fraction of sp³-hybridized carbons (Fsp3) is 0.222. The van der Waals surface area contributed by atoms with E-state index in [0.29, 0.717) is 17.0 Å². The van der Waals surface area contributed by atoms with E-state index < -0.39 is 0 Å². The van der Waals surface area contributed by atoms with E-state index in [1.165, 1.54) is 14.0 Å². The van der Waals surface area contributed by atoms with Crippen LogP contribution in [0.5, 0.6) is 5.75 Å². The lowest BCUT2D eigenvalue weighted by molar-refractivity contribution is 0.101. The second-order valence-electron chi connectivity index (χ2n) is 2.60. The van der Waals surface area contributed by atoms with Crippen LogP contribution in [0.4, 0.5) is 5.69 Å². The van der Waals surface area contributed by atoms with Crippen molar-refractivity contribution in [1.82, 2.24) is 0 Å². The maximum absolute atomic E-state index is 11.2. The van der Waals surface area contributed by atoms with Gasteiger partial charge >= 0.3 is 0 Å². The molecule has 0 bridgehead atoms. The number of hydrogen-bond acceptors (Lipinski definition) is 3. The molecule has 0 aliphatic heterocycles. The highest BCUT2D eigenvalue weighted by atomic mass is 79.9. The van der Waals surface area contributed by atoms with Crippen molar-refractivity contribution in [1.29, 1.82) is 0 Å². The molecule has 0 atom stereocenters. The van der Waals surface area contributed by atoms with Crippen LogP contribution in [-0.4, -0.2) is 12.9 Å². The van der Waals surface area contributed by atoms with E-state index in [0.717, 1.165) is 4.47 Å². The number of Topliss-reactive ketones (excluding diaryl/α,β-unsaturated/α-hetero) is 1. The Morgan fingerprint density at radius 1 is 1.54 bits per heavy atom. The topological polar surface area (TPSA) is 52.3 Å². The summed E-state index contributed by atoms with van der Waals surface area (Å²) in [6.07, 6.45) is 0. The highest BCUT2D eigenvalue weighted by Crippen LogP contribution is 2.32. The first-order valence-corrected chi connectivity index (χ1v) is 4.50. The molecular formula is C9H10BrNO2. The van der Waals surface area contributed by atoms with Crippen molar-refractivity contribution in [3.63, 3.8) is 0 Å². The Bertz CT molecular complexity index is 350. The zero-order chi connectivity index (χ0) is 10.0. The summed E-state index contributed by atoms with van der Waals surface area (Å²) in [4.78, 5) is 11.2. The lowest BCUT2D eigenvalue weighted by Gasteiger charge is -2.09. The molecule has 2 N–H and O–H groups in total. The van der Waals surface area contributed by atoms with Gasteiger partial charge in [-0.25, -0.2) is 0 Å². The average molecular weight is 244 g/mol. The number of ether oxygens (including phenoxy) is 1. The number of halogens is 1. The van der Waals surface area contributed by atoms with Crippen LogP contribution < -0.4 is 10.5 Å². The lowest BCUT2D eigenvalue weighted by Crippen LogP contribution is -2.03. The van der Waals surface area contributed by atoms with Crippen LogP contribution in [0.1, 0.15) is 17.3 Å². The Morgan fingerprint density at radius 2 is 2.15 bits per heavy atom. The molecule has 0 aliphatic rings. The Morgan fingerprint density at radius 3 is 2.54 bits per heavy atom. The maximum atomic E-state index is 11.2. The first kappa shape index (κ1) is 10.1. The molecule has 1 aromatic rings. The number of benzene rings is 1. The van der Waals surface area contributed by atoms with Crippen LogP contribution in [0.15, 0.2) is 16.6 Å². The van der Waals surface area contributed by atoms with Gasteiger partial charge in [0.25, 0.3) is 0 Å². The summed E-state index contributed by atoms with van der Waals surface area (Å²) in [6.45, 7) is 1.46. The summed E-state index contributed by atoms with van der Waals surface area (Å²) in [5.74, 6) is 0.392. The van der Waals surface area contributed by atoms with Gasteiger partial charge in [0.15, 0.2) is 5.78 Å². The second-order valence-corrected chi connectivity index (χ2v) is 3.46. The first-order chi connectivity index (χ1) is 6.07. The number of rotatable bonds is 2. The van der Waals surface area contributed by atoms with Gasteiger partial charge in [0.05, 0.1) is 17.1 Å². The van der Waals surface area contributed by atoms with Gasteiger partial charge in [-0.3, -0.25) is 4.79 Å². The summed E-state index contributed by atoms with van der Waals surface area (Å²) >= 11 is 3.28. The van der Waals surface area contributed by atoms with Crippen molar-refractivity contribution in [3.05, 3.63) is 22.2 Å². The molecule has 0 aromatic heterocycles. The van der Waals surface area contributed by atoms with Crippen molar-refractivity contribution in [2.75, 3.05) is 12.8 Å². The van der Waals surface area contributed by atoms with Crippen LogP contribution in [0, 0.1) is 0 Å². The van der Waals surface area contributed by atoms with Crippen LogP contribution in [0.3, 0.4) is 0 Å². The van der Waals surface area contributed by atoms with Crippen LogP contribution in [-0.2, 0) is 0 Å². The molecule has 1 rings (SSSR count). The van der Waals surface area contributed by atoms with E-state index in [2.05, 4.69) is 15.9 Å². The van der Waals surface area contributed by atoms with Crippen molar-refractivity contribution in [3.8, 4) is 5.75 Å². The molecule has 0 heterocycles. The first-order valence-electron chi connectivity index (χ1n) is 3.70. The van der Waals surface area contributed by atoms with Gasteiger partial charge in [-0.15, -0.1) is 0 Å². The van der Waals surface area contributed by atoms with Crippen molar-refractivity contribution < 1.29 is 9.53 Å². The smallest absolute Gasteiger partial charge is 0.165 e. The summed E-state index contributed by atoms with van der Waals surface area (Å²) < 4.78 is 5.80. The van der Waals surface area contributed by atoms with Crippen LogP contribution in [0.2, 0.25) is 0 Å². The minimum Gasteiger partial charge on any atom is -0.495 e. The monoisotopic (exact) mass is 243 g/mol. The quantitative estimate of drug-likeness (QED) is 0.641. The number of ketones is 1. The molecule has 0 aliphatic carbocycles. The standard InChI is InChI=1S/C9H10BrNO2/c1-5(12)8-7(11)4-3-6(10)9(8)13-2/h3-4H,11H2,1-2H3. The fourth-order valence-corrected chi connectivity index (χ4v) is 1.63. The van der Waals surface area contributed by atoms with Gasteiger partial charge < -0.3 is 10.5 Å². The molecule has 70 valence electrons. The summed E-state index contributed by atoms with van der Waals surface area (Å²) in [6, 6.07) is 3.42. The van der Waals surface area contributed by atoms with E-state index in [-0.39, 0.29) is 5.78 Å². The maximum Gasteiger partial charge on any atom is 0.165 e. The number of methoxy groups -OCH3 is 1. The number of nitrogen functional groups attached to an aromatic ring is 1. The van der Waals surface area contributed by atoms with E-state index in [4.69, 9.17) is 10.5 Å². The third-order valence-corrected chi connectivity index (χ3v) is 2.32. The molecular weight excluding hydrogens is 234 g/mol. The minimum absolute atomic E-state index is 0.101. The predicted octanol–water partition coefficient (Wildman–Crippen LogP) is 2.24. The average Bonchev–Trinajstić information content (AvgIpc) is 2.07. The minimum atomic E-state index is -0.101. The number of nitrogens with two attached hydrogens (primary N) is 1. The van der Waals surface area contributed by atoms with Crippen molar-refractivity contribution in [2.24, 2.45) is 0 Å². The highest BCUT2D eigenvalue weighted by molar-refractivity contribution is 9.10. The van der Waals surface area contributed by atoms with Gasteiger partial charge in [0.2, 0.25) is 0 Å². The molecule has 3 nitrogen and oxygen atoms in total. The molecule has 1 aromatic carbocycles. The van der Waals surface area contributed by atoms with E-state index >= 15 is 0 Å². The molecule has 0 radical (unpaired) electrons. The summed E-state index contributed by atoms with van der Waals surface area (Å²) in [5, 5.41) is 0. The van der Waals surface area contributed by atoms with Crippen molar-refractivity contribution in [2.45, 2.75) is 6.92 Å². The normalized spacial score (nSPS) is 9.77.